The summed E-state index contributed by atoms with van der Waals surface area (Å²) in [7, 11) is -0.834. The molecule has 2 rings (SSSR count). The Morgan fingerprint density at radius 3 is 2.61 bits per heavy atom. The van der Waals surface area contributed by atoms with Crippen LogP contribution in [0, 0.1) is 0 Å². The van der Waals surface area contributed by atoms with Crippen LogP contribution in [-0.2, 0) is 20.3 Å². The van der Waals surface area contributed by atoms with Crippen LogP contribution in [0.25, 0.3) is 0 Å². The fraction of sp³-hybridized carbons (Fsp3) is 1.00. The highest BCUT2D eigenvalue weighted by atomic mass is 32.2. The average Bonchev–Trinajstić information content (AvgIpc) is 2.79. The molecule has 0 radical (unpaired) electrons. The third-order valence-electron chi connectivity index (χ3n) is 3.84. The normalized spacial score (nSPS) is 33.1. The van der Waals surface area contributed by atoms with Crippen molar-refractivity contribution in [1.29, 1.82) is 0 Å². The van der Waals surface area contributed by atoms with Crippen molar-refractivity contribution in [2.75, 3.05) is 19.8 Å². The smallest absolute Gasteiger partial charge is 0.169 e. The SMILES string of the molecule is CCNC1CCC2(CC1S(=O)C(C)C)OCCO2. The van der Waals surface area contributed by atoms with E-state index in [1.54, 1.807) is 0 Å². The summed E-state index contributed by atoms with van der Waals surface area (Å²) in [4.78, 5) is 0. The van der Waals surface area contributed by atoms with Crippen LogP contribution < -0.4 is 5.32 Å². The topological polar surface area (TPSA) is 47.6 Å². The van der Waals surface area contributed by atoms with E-state index in [2.05, 4.69) is 12.2 Å². The lowest BCUT2D eigenvalue weighted by Gasteiger charge is -2.41. The molecule has 1 aliphatic heterocycles. The molecule has 1 N–H and O–H groups in total. The zero-order valence-corrected chi connectivity index (χ0v) is 12.4. The Labute approximate surface area is 112 Å². The largest absolute Gasteiger partial charge is 0.347 e. The van der Waals surface area contributed by atoms with Gasteiger partial charge >= 0.3 is 0 Å². The molecule has 1 saturated heterocycles. The summed E-state index contributed by atoms with van der Waals surface area (Å²) in [5.74, 6) is -0.443. The molecule has 2 aliphatic rings. The molecule has 106 valence electrons. The number of hydrogen-bond donors (Lipinski definition) is 1. The van der Waals surface area contributed by atoms with E-state index in [4.69, 9.17) is 9.47 Å². The highest BCUT2D eigenvalue weighted by Crippen LogP contribution is 2.38. The molecular weight excluding hydrogens is 250 g/mol. The summed E-state index contributed by atoms with van der Waals surface area (Å²) >= 11 is 0. The molecule has 0 bridgehead atoms. The van der Waals surface area contributed by atoms with Crippen molar-refractivity contribution in [3.63, 3.8) is 0 Å². The van der Waals surface area contributed by atoms with E-state index in [1.807, 2.05) is 13.8 Å². The minimum atomic E-state index is -0.834. The van der Waals surface area contributed by atoms with Crippen molar-refractivity contribution >= 4 is 10.8 Å². The van der Waals surface area contributed by atoms with E-state index in [0.717, 1.165) is 25.8 Å². The lowest BCUT2D eigenvalue weighted by molar-refractivity contribution is -0.178. The van der Waals surface area contributed by atoms with Gasteiger partial charge in [0.25, 0.3) is 0 Å². The fourth-order valence-corrected chi connectivity index (χ4v) is 4.63. The van der Waals surface area contributed by atoms with Gasteiger partial charge in [0.1, 0.15) is 0 Å². The van der Waals surface area contributed by atoms with Crippen LogP contribution in [0.5, 0.6) is 0 Å². The first kappa shape index (κ1) is 14.4. The third kappa shape index (κ3) is 2.95. The lowest BCUT2D eigenvalue weighted by Crippen LogP contribution is -2.53. The molecule has 0 aromatic rings. The maximum atomic E-state index is 12.5. The van der Waals surface area contributed by atoms with E-state index in [9.17, 15) is 4.21 Å². The van der Waals surface area contributed by atoms with Gasteiger partial charge in [-0.05, 0) is 13.0 Å². The first-order chi connectivity index (χ1) is 8.58. The van der Waals surface area contributed by atoms with Gasteiger partial charge in [-0.2, -0.15) is 0 Å². The molecule has 18 heavy (non-hydrogen) atoms. The summed E-state index contributed by atoms with van der Waals surface area (Å²) in [6.45, 7) is 8.42. The highest BCUT2D eigenvalue weighted by molar-refractivity contribution is 7.86. The quantitative estimate of drug-likeness (QED) is 0.843. The standard InChI is InChI=1S/C13H25NO3S/c1-4-14-11-5-6-13(16-7-8-17-13)9-12(11)18(15)10(2)3/h10-12,14H,4-9H2,1-3H3. The van der Waals surface area contributed by atoms with Crippen LogP contribution in [0.2, 0.25) is 0 Å². The van der Waals surface area contributed by atoms with Crippen molar-refractivity contribution in [2.45, 2.75) is 62.4 Å². The summed E-state index contributed by atoms with van der Waals surface area (Å²) in [6.07, 6.45) is 2.66. The predicted octanol–water partition coefficient (Wildman–Crippen LogP) is 1.42. The van der Waals surface area contributed by atoms with Crippen LogP contribution in [0.3, 0.4) is 0 Å². The second-order valence-electron chi connectivity index (χ2n) is 5.43. The van der Waals surface area contributed by atoms with E-state index >= 15 is 0 Å². The first-order valence-electron chi connectivity index (χ1n) is 6.98. The zero-order chi connectivity index (χ0) is 13.2. The van der Waals surface area contributed by atoms with Crippen molar-refractivity contribution in [3.05, 3.63) is 0 Å². The Kier molecular flexibility index (Phi) is 4.80. The van der Waals surface area contributed by atoms with Crippen LogP contribution in [0.15, 0.2) is 0 Å². The maximum Gasteiger partial charge on any atom is 0.169 e. The molecule has 5 heteroatoms. The second-order valence-corrected chi connectivity index (χ2v) is 7.64. The Bertz CT molecular complexity index is 303. The van der Waals surface area contributed by atoms with E-state index in [0.29, 0.717) is 19.3 Å². The number of rotatable bonds is 4. The third-order valence-corrected chi connectivity index (χ3v) is 5.86. The molecule has 2 fully saturated rings. The Morgan fingerprint density at radius 1 is 1.39 bits per heavy atom. The predicted molar refractivity (Wildman–Crippen MR) is 73.0 cm³/mol. The molecule has 1 spiro atoms. The average molecular weight is 275 g/mol. The molecule has 3 unspecified atom stereocenters. The van der Waals surface area contributed by atoms with Gasteiger partial charge in [0, 0.05) is 34.9 Å². The Morgan fingerprint density at radius 2 is 2.06 bits per heavy atom. The molecule has 4 nitrogen and oxygen atoms in total. The summed E-state index contributed by atoms with van der Waals surface area (Å²) < 4.78 is 24.1. The molecule has 1 heterocycles. The van der Waals surface area contributed by atoms with Crippen LogP contribution >= 0.6 is 0 Å². The van der Waals surface area contributed by atoms with Crippen LogP contribution in [0.4, 0.5) is 0 Å². The van der Waals surface area contributed by atoms with Gasteiger partial charge in [-0.1, -0.05) is 20.8 Å². The van der Waals surface area contributed by atoms with Crippen molar-refractivity contribution in [2.24, 2.45) is 0 Å². The van der Waals surface area contributed by atoms with Gasteiger partial charge < -0.3 is 14.8 Å². The van der Waals surface area contributed by atoms with Crippen molar-refractivity contribution in [3.8, 4) is 0 Å². The molecule has 3 atom stereocenters. The summed E-state index contributed by atoms with van der Waals surface area (Å²) in [5.41, 5.74) is 0. The van der Waals surface area contributed by atoms with Gasteiger partial charge in [0.05, 0.1) is 18.5 Å². The van der Waals surface area contributed by atoms with Gasteiger partial charge in [0.2, 0.25) is 0 Å². The lowest BCUT2D eigenvalue weighted by atomic mass is 9.89. The van der Waals surface area contributed by atoms with Gasteiger partial charge in [-0.15, -0.1) is 0 Å². The maximum absolute atomic E-state index is 12.5. The number of hydrogen-bond acceptors (Lipinski definition) is 4. The van der Waals surface area contributed by atoms with E-state index < -0.39 is 16.6 Å². The van der Waals surface area contributed by atoms with Gasteiger partial charge in [-0.25, -0.2) is 0 Å². The number of ether oxygens (including phenoxy) is 2. The minimum Gasteiger partial charge on any atom is -0.347 e. The Balaban J connectivity index is 2.10. The highest BCUT2D eigenvalue weighted by Gasteiger charge is 2.47. The molecule has 1 aliphatic carbocycles. The Hall–Kier alpha value is 0.0300. The second kappa shape index (κ2) is 5.99. The van der Waals surface area contributed by atoms with Crippen molar-refractivity contribution < 1.29 is 13.7 Å². The zero-order valence-electron chi connectivity index (χ0n) is 11.6. The molecule has 1 saturated carbocycles. The van der Waals surface area contributed by atoms with Gasteiger partial charge in [0.15, 0.2) is 5.79 Å². The van der Waals surface area contributed by atoms with Crippen LogP contribution in [0.1, 0.15) is 40.0 Å². The van der Waals surface area contributed by atoms with E-state index in [-0.39, 0.29) is 10.5 Å². The molecule has 0 aromatic carbocycles. The molecule has 0 aromatic heterocycles. The number of nitrogens with one attached hydrogen (secondary N) is 1. The monoisotopic (exact) mass is 275 g/mol. The minimum absolute atomic E-state index is 0.136. The summed E-state index contributed by atoms with van der Waals surface area (Å²) in [5, 5.41) is 3.80. The summed E-state index contributed by atoms with van der Waals surface area (Å²) in [6, 6.07) is 0.330. The molecular formula is C13H25NO3S. The van der Waals surface area contributed by atoms with Crippen molar-refractivity contribution in [1.82, 2.24) is 5.32 Å². The first-order valence-corrected chi connectivity index (χ1v) is 8.26. The van der Waals surface area contributed by atoms with E-state index in [1.165, 1.54) is 0 Å². The van der Waals surface area contributed by atoms with Crippen LogP contribution in [-0.4, -0.2) is 46.3 Å². The fourth-order valence-electron chi connectivity index (χ4n) is 2.96. The molecule has 0 amide bonds. The van der Waals surface area contributed by atoms with Gasteiger partial charge in [-0.3, -0.25) is 4.21 Å².